The summed E-state index contributed by atoms with van der Waals surface area (Å²) in [5.41, 5.74) is 5.08. The van der Waals surface area contributed by atoms with Gasteiger partial charge >= 0.3 is 0 Å². The molecule has 0 unspecified atom stereocenters. The molecule has 0 bridgehead atoms. The molecule has 0 aliphatic rings. The normalized spacial score (nSPS) is 10.0. The van der Waals surface area contributed by atoms with E-state index in [4.69, 9.17) is 23.2 Å². The fraction of sp³-hybridized carbons (Fsp3) is 0. The first-order chi connectivity index (χ1) is 10.0. The smallest absolute Gasteiger partial charge is 0.267 e. The van der Waals surface area contributed by atoms with Gasteiger partial charge in [0, 0.05) is 4.47 Å². The number of rotatable bonds is 2. The van der Waals surface area contributed by atoms with Gasteiger partial charge in [0.1, 0.15) is 0 Å². The molecular weight excluding hydrogens is 379 g/mol. The Labute approximate surface area is 139 Å². The van der Waals surface area contributed by atoms with Crippen LogP contribution < -0.4 is 10.9 Å². The van der Waals surface area contributed by atoms with E-state index in [-0.39, 0.29) is 15.6 Å². The molecule has 21 heavy (non-hydrogen) atoms. The molecule has 0 aliphatic heterocycles. The topological polar surface area (TPSA) is 58.2 Å². The summed E-state index contributed by atoms with van der Waals surface area (Å²) in [4.78, 5) is 23.9. The van der Waals surface area contributed by atoms with Crippen molar-refractivity contribution in [1.29, 1.82) is 0 Å². The molecule has 2 amide bonds. The van der Waals surface area contributed by atoms with Crippen LogP contribution >= 0.6 is 39.1 Å². The minimum atomic E-state index is -0.592. The zero-order valence-electron chi connectivity index (χ0n) is 10.5. The van der Waals surface area contributed by atoms with E-state index >= 15 is 0 Å². The van der Waals surface area contributed by atoms with Crippen LogP contribution in [0.5, 0.6) is 0 Å². The Hall–Kier alpha value is -1.56. The molecule has 2 rings (SSSR count). The van der Waals surface area contributed by atoms with Crippen LogP contribution in [0.15, 0.2) is 46.9 Å². The molecule has 2 aromatic rings. The number of carbonyl (C=O) groups is 2. The molecule has 0 aromatic heterocycles. The van der Waals surface area contributed by atoms with E-state index in [1.54, 1.807) is 30.3 Å². The fourth-order valence-electron chi connectivity index (χ4n) is 1.60. The Balaban J connectivity index is 2.08. The summed E-state index contributed by atoms with van der Waals surface area (Å²) in [6, 6.07) is 11.5. The van der Waals surface area contributed by atoms with Gasteiger partial charge < -0.3 is 0 Å². The third-order valence-corrected chi connectivity index (χ3v) is 3.92. The molecule has 0 spiro atoms. The van der Waals surface area contributed by atoms with Crippen molar-refractivity contribution >= 4 is 50.9 Å². The quantitative estimate of drug-likeness (QED) is 0.769. The maximum absolute atomic E-state index is 12.0. The van der Waals surface area contributed by atoms with Gasteiger partial charge in [0.2, 0.25) is 0 Å². The van der Waals surface area contributed by atoms with E-state index in [1.807, 2.05) is 0 Å². The molecule has 4 nitrogen and oxygen atoms in total. The predicted molar refractivity (Wildman–Crippen MR) is 85.5 cm³/mol. The number of nitrogens with one attached hydrogen (secondary N) is 2. The highest BCUT2D eigenvalue weighted by Gasteiger charge is 2.16. The standard InChI is InChI=1S/C14H9BrCl2N2O2/c15-9-5-2-1-4-8(9)13(20)18-19-14(21)12-10(16)6-3-7-11(12)17/h1-7H,(H,18,20)(H,19,21). The van der Waals surface area contributed by atoms with Gasteiger partial charge in [0.15, 0.2) is 0 Å². The van der Waals surface area contributed by atoms with Crippen LogP contribution in [-0.4, -0.2) is 11.8 Å². The summed E-state index contributed by atoms with van der Waals surface area (Å²) in [7, 11) is 0. The lowest BCUT2D eigenvalue weighted by Gasteiger charge is -2.10. The molecule has 0 saturated carbocycles. The molecule has 0 atom stereocenters. The van der Waals surface area contributed by atoms with Crippen molar-refractivity contribution < 1.29 is 9.59 Å². The first-order valence-electron chi connectivity index (χ1n) is 5.80. The Bertz CT molecular complexity index is 687. The molecular formula is C14H9BrCl2N2O2. The Morgan fingerprint density at radius 1 is 0.857 bits per heavy atom. The number of amides is 2. The predicted octanol–water partition coefficient (Wildman–Crippen LogP) is 3.83. The first-order valence-corrected chi connectivity index (χ1v) is 7.35. The minimum Gasteiger partial charge on any atom is -0.267 e. The van der Waals surface area contributed by atoms with Crippen molar-refractivity contribution in [3.63, 3.8) is 0 Å². The lowest BCUT2D eigenvalue weighted by Crippen LogP contribution is -2.42. The molecule has 7 heteroatoms. The van der Waals surface area contributed by atoms with E-state index < -0.39 is 11.8 Å². The largest absolute Gasteiger partial charge is 0.272 e. The maximum Gasteiger partial charge on any atom is 0.272 e. The maximum atomic E-state index is 12.0. The Morgan fingerprint density at radius 2 is 1.43 bits per heavy atom. The van der Waals surface area contributed by atoms with Crippen LogP contribution in [0.3, 0.4) is 0 Å². The number of hydrogen-bond donors (Lipinski definition) is 2. The van der Waals surface area contributed by atoms with Crippen LogP contribution in [0.2, 0.25) is 10.0 Å². The summed E-state index contributed by atoms with van der Waals surface area (Å²) >= 11 is 15.1. The zero-order valence-corrected chi connectivity index (χ0v) is 13.6. The average molecular weight is 388 g/mol. The average Bonchev–Trinajstić information content (AvgIpc) is 2.45. The second-order valence-electron chi connectivity index (χ2n) is 3.98. The van der Waals surface area contributed by atoms with Crippen molar-refractivity contribution in [3.8, 4) is 0 Å². The molecule has 2 aromatic carbocycles. The van der Waals surface area contributed by atoms with Crippen molar-refractivity contribution in [1.82, 2.24) is 10.9 Å². The zero-order chi connectivity index (χ0) is 15.4. The van der Waals surface area contributed by atoms with Gasteiger partial charge in [-0.25, -0.2) is 0 Å². The van der Waals surface area contributed by atoms with Crippen LogP contribution in [0.25, 0.3) is 0 Å². The third kappa shape index (κ3) is 3.75. The SMILES string of the molecule is O=C(NNC(=O)c1c(Cl)cccc1Cl)c1ccccc1Br. The number of carbonyl (C=O) groups excluding carboxylic acids is 2. The van der Waals surface area contributed by atoms with Crippen molar-refractivity contribution in [2.45, 2.75) is 0 Å². The van der Waals surface area contributed by atoms with Gasteiger partial charge in [-0.2, -0.15) is 0 Å². The van der Waals surface area contributed by atoms with E-state index in [2.05, 4.69) is 26.8 Å². The van der Waals surface area contributed by atoms with Gasteiger partial charge in [0.05, 0.1) is 21.2 Å². The van der Waals surface area contributed by atoms with Crippen molar-refractivity contribution in [3.05, 3.63) is 68.1 Å². The highest BCUT2D eigenvalue weighted by molar-refractivity contribution is 9.10. The molecule has 0 radical (unpaired) electrons. The molecule has 108 valence electrons. The summed E-state index contributed by atoms with van der Waals surface area (Å²) in [5.74, 6) is -1.05. The molecule has 2 N–H and O–H groups in total. The number of hydrazine groups is 1. The Kier molecular flexibility index (Phi) is 5.22. The summed E-state index contributed by atoms with van der Waals surface area (Å²) in [6.07, 6.45) is 0. The lowest BCUT2D eigenvalue weighted by atomic mass is 10.2. The highest BCUT2D eigenvalue weighted by Crippen LogP contribution is 2.23. The monoisotopic (exact) mass is 386 g/mol. The lowest BCUT2D eigenvalue weighted by molar-refractivity contribution is 0.0846. The van der Waals surface area contributed by atoms with Gasteiger partial charge in [-0.1, -0.05) is 41.4 Å². The first kappa shape index (κ1) is 15.8. The van der Waals surface area contributed by atoms with Gasteiger partial charge in [0.25, 0.3) is 11.8 Å². The van der Waals surface area contributed by atoms with Crippen LogP contribution in [0.1, 0.15) is 20.7 Å². The second kappa shape index (κ2) is 6.93. The second-order valence-corrected chi connectivity index (χ2v) is 5.65. The van der Waals surface area contributed by atoms with Crippen LogP contribution in [0.4, 0.5) is 0 Å². The summed E-state index contributed by atoms with van der Waals surface area (Å²) < 4.78 is 0.618. The van der Waals surface area contributed by atoms with Crippen molar-refractivity contribution in [2.75, 3.05) is 0 Å². The van der Waals surface area contributed by atoms with E-state index in [0.29, 0.717) is 10.0 Å². The summed E-state index contributed by atoms with van der Waals surface area (Å²) in [6.45, 7) is 0. The van der Waals surface area contributed by atoms with Gasteiger partial charge in [-0.05, 0) is 40.2 Å². The van der Waals surface area contributed by atoms with E-state index in [9.17, 15) is 9.59 Å². The highest BCUT2D eigenvalue weighted by atomic mass is 79.9. The fourth-order valence-corrected chi connectivity index (χ4v) is 2.64. The van der Waals surface area contributed by atoms with Gasteiger partial charge in [-0.3, -0.25) is 20.4 Å². The molecule has 0 fully saturated rings. The van der Waals surface area contributed by atoms with Gasteiger partial charge in [-0.15, -0.1) is 0 Å². The van der Waals surface area contributed by atoms with Crippen molar-refractivity contribution in [2.24, 2.45) is 0 Å². The van der Waals surface area contributed by atoms with Crippen LogP contribution in [0, 0.1) is 0 Å². The van der Waals surface area contributed by atoms with E-state index in [0.717, 1.165) is 0 Å². The third-order valence-electron chi connectivity index (χ3n) is 2.60. The molecule has 0 heterocycles. The van der Waals surface area contributed by atoms with Crippen LogP contribution in [-0.2, 0) is 0 Å². The number of halogens is 3. The molecule has 0 saturated heterocycles. The molecule has 0 aliphatic carbocycles. The summed E-state index contributed by atoms with van der Waals surface area (Å²) in [5, 5.41) is 0.408. The number of benzene rings is 2. The number of hydrogen-bond acceptors (Lipinski definition) is 2. The Morgan fingerprint density at radius 3 is 2.05 bits per heavy atom. The van der Waals surface area contributed by atoms with E-state index in [1.165, 1.54) is 12.1 Å². The minimum absolute atomic E-state index is 0.105.